The Morgan fingerprint density at radius 3 is 2.58 bits per heavy atom. The van der Waals surface area contributed by atoms with Crippen LogP contribution in [0.2, 0.25) is 0 Å². The van der Waals surface area contributed by atoms with Crippen LogP contribution in [0.4, 0.5) is 5.13 Å². The lowest BCUT2D eigenvalue weighted by atomic mass is 10.2. The van der Waals surface area contributed by atoms with E-state index in [1.165, 1.54) is 16.1 Å². The van der Waals surface area contributed by atoms with Crippen LogP contribution >= 0.6 is 22.7 Å². The van der Waals surface area contributed by atoms with E-state index in [0.29, 0.717) is 0 Å². The zero-order valence-electron chi connectivity index (χ0n) is 13.7. The third kappa shape index (κ3) is 3.50. The molecule has 0 radical (unpaired) electrons. The number of aromatic nitrogens is 2. The van der Waals surface area contributed by atoms with Crippen molar-refractivity contribution in [3.63, 3.8) is 0 Å². The molecule has 0 atom stereocenters. The first kappa shape index (κ1) is 15.7. The molecule has 1 fully saturated rings. The summed E-state index contributed by atoms with van der Waals surface area (Å²) < 4.78 is 0. The summed E-state index contributed by atoms with van der Waals surface area (Å²) in [5, 5.41) is 4.47. The van der Waals surface area contributed by atoms with Crippen LogP contribution in [0.25, 0.3) is 10.6 Å². The maximum absolute atomic E-state index is 4.81. The van der Waals surface area contributed by atoms with E-state index in [4.69, 9.17) is 4.98 Å². The van der Waals surface area contributed by atoms with Gasteiger partial charge in [-0.2, -0.15) is 0 Å². The van der Waals surface area contributed by atoms with Gasteiger partial charge in [-0.1, -0.05) is 30.3 Å². The molecule has 1 aromatic carbocycles. The van der Waals surface area contributed by atoms with E-state index < -0.39 is 0 Å². The van der Waals surface area contributed by atoms with Crippen molar-refractivity contribution in [2.75, 3.05) is 31.1 Å². The molecule has 2 aromatic heterocycles. The summed E-state index contributed by atoms with van der Waals surface area (Å²) in [6.45, 7) is 7.27. The Morgan fingerprint density at radius 2 is 1.88 bits per heavy atom. The Morgan fingerprint density at radius 1 is 1.08 bits per heavy atom. The predicted molar refractivity (Wildman–Crippen MR) is 102 cm³/mol. The Hall–Kier alpha value is -1.76. The lowest BCUT2D eigenvalue weighted by Crippen LogP contribution is -2.45. The maximum atomic E-state index is 4.81. The number of piperazine rings is 1. The van der Waals surface area contributed by atoms with Crippen molar-refractivity contribution in [1.82, 2.24) is 14.9 Å². The second kappa shape index (κ2) is 7.01. The average Bonchev–Trinajstić information content (AvgIpc) is 3.26. The van der Waals surface area contributed by atoms with Crippen LogP contribution in [0.1, 0.15) is 10.6 Å². The summed E-state index contributed by atoms with van der Waals surface area (Å²) >= 11 is 3.52. The minimum Gasteiger partial charge on any atom is -0.346 e. The van der Waals surface area contributed by atoms with Crippen molar-refractivity contribution < 1.29 is 0 Å². The number of hydrogen-bond acceptors (Lipinski definition) is 6. The van der Waals surface area contributed by atoms with Gasteiger partial charge in [0.2, 0.25) is 0 Å². The minimum absolute atomic E-state index is 0.939. The van der Waals surface area contributed by atoms with Gasteiger partial charge in [0.1, 0.15) is 5.01 Å². The summed E-state index contributed by atoms with van der Waals surface area (Å²) in [7, 11) is 0. The summed E-state index contributed by atoms with van der Waals surface area (Å²) in [5.41, 5.74) is 2.38. The van der Waals surface area contributed by atoms with Crippen LogP contribution < -0.4 is 4.90 Å². The number of hydrogen-bond donors (Lipinski definition) is 0. The van der Waals surface area contributed by atoms with Gasteiger partial charge in [-0.15, -0.1) is 22.7 Å². The molecule has 3 heterocycles. The van der Waals surface area contributed by atoms with Crippen LogP contribution in [0.3, 0.4) is 0 Å². The quantitative estimate of drug-likeness (QED) is 0.710. The van der Waals surface area contributed by atoms with Crippen LogP contribution in [0.5, 0.6) is 0 Å². The third-order valence-corrected chi connectivity index (χ3v) is 6.12. The number of rotatable bonds is 4. The number of aryl methyl sites for hydroxylation is 1. The Bertz CT molecular complexity index is 788. The zero-order valence-corrected chi connectivity index (χ0v) is 15.3. The molecule has 0 bridgehead atoms. The summed E-state index contributed by atoms with van der Waals surface area (Å²) in [6.07, 6.45) is 1.97. The van der Waals surface area contributed by atoms with Gasteiger partial charge < -0.3 is 4.90 Å². The van der Waals surface area contributed by atoms with Crippen LogP contribution in [0, 0.1) is 6.92 Å². The molecule has 24 heavy (non-hydrogen) atoms. The van der Waals surface area contributed by atoms with Crippen LogP contribution in [-0.2, 0) is 6.54 Å². The van der Waals surface area contributed by atoms with Gasteiger partial charge in [0.25, 0.3) is 0 Å². The molecule has 0 aliphatic carbocycles. The van der Waals surface area contributed by atoms with Gasteiger partial charge in [-0.05, 0) is 6.92 Å². The fraction of sp³-hybridized carbons (Fsp3) is 0.333. The molecule has 6 heteroatoms. The molecular weight excluding hydrogens is 336 g/mol. The van der Waals surface area contributed by atoms with E-state index in [1.807, 2.05) is 12.3 Å². The normalized spacial score (nSPS) is 15.8. The molecule has 3 aromatic rings. The topological polar surface area (TPSA) is 32.3 Å². The van der Waals surface area contributed by atoms with Crippen molar-refractivity contribution in [1.29, 1.82) is 0 Å². The van der Waals surface area contributed by atoms with E-state index >= 15 is 0 Å². The molecule has 0 saturated carbocycles. The largest absolute Gasteiger partial charge is 0.346 e. The Balaban J connectivity index is 1.35. The molecule has 1 aliphatic rings. The first-order chi connectivity index (χ1) is 11.8. The molecule has 0 amide bonds. The highest BCUT2D eigenvalue weighted by Crippen LogP contribution is 2.25. The molecule has 1 aliphatic heterocycles. The molecule has 4 rings (SSSR count). The van der Waals surface area contributed by atoms with Gasteiger partial charge in [-0.25, -0.2) is 9.97 Å². The second-order valence-electron chi connectivity index (χ2n) is 6.03. The first-order valence-electron chi connectivity index (χ1n) is 8.17. The number of thiazole rings is 2. The minimum atomic E-state index is 0.939. The third-order valence-electron chi connectivity index (χ3n) is 4.21. The van der Waals surface area contributed by atoms with Crippen LogP contribution in [-0.4, -0.2) is 41.0 Å². The van der Waals surface area contributed by atoms with Crippen molar-refractivity contribution in [2.24, 2.45) is 0 Å². The van der Waals surface area contributed by atoms with Crippen molar-refractivity contribution in [3.8, 4) is 10.6 Å². The Kier molecular flexibility index (Phi) is 4.60. The summed E-state index contributed by atoms with van der Waals surface area (Å²) in [4.78, 5) is 15.5. The molecule has 0 unspecified atom stereocenters. The Labute approximate surface area is 150 Å². The smallest absolute Gasteiger partial charge is 0.185 e. The standard InChI is InChI=1S/C18H20N4S2/c1-14-11-19-18(24-14)22-9-7-21(8-10-22)12-16-13-23-17(20-16)15-5-3-2-4-6-15/h2-6,11,13H,7-10,12H2,1H3. The highest BCUT2D eigenvalue weighted by molar-refractivity contribution is 7.15. The maximum Gasteiger partial charge on any atom is 0.185 e. The van der Waals surface area contributed by atoms with Gasteiger partial charge in [0.15, 0.2) is 5.13 Å². The van der Waals surface area contributed by atoms with E-state index in [-0.39, 0.29) is 0 Å². The fourth-order valence-corrected chi connectivity index (χ4v) is 4.54. The van der Waals surface area contributed by atoms with Crippen molar-refractivity contribution in [3.05, 3.63) is 52.5 Å². The van der Waals surface area contributed by atoms with Gasteiger partial charge in [0.05, 0.1) is 5.69 Å². The fourth-order valence-electron chi connectivity index (χ4n) is 2.91. The molecular formula is C18H20N4S2. The first-order valence-corrected chi connectivity index (χ1v) is 9.87. The van der Waals surface area contributed by atoms with E-state index in [9.17, 15) is 0 Å². The highest BCUT2D eigenvalue weighted by Gasteiger charge is 2.20. The zero-order chi connectivity index (χ0) is 16.4. The van der Waals surface area contributed by atoms with Gasteiger partial charge in [-0.3, -0.25) is 4.90 Å². The summed E-state index contributed by atoms with van der Waals surface area (Å²) in [5.74, 6) is 0. The lowest BCUT2D eigenvalue weighted by molar-refractivity contribution is 0.247. The van der Waals surface area contributed by atoms with Crippen molar-refractivity contribution in [2.45, 2.75) is 13.5 Å². The highest BCUT2D eigenvalue weighted by atomic mass is 32.1. The molecule has 4 nitrogen and oxygen atoms in total. The SMILES string of the molecule is Cc1cnc(N2CCN(Cc3csc(-c4ccccc4)n3)CC2)s1. The average molecular weight is 357 g/mol. The van der Waals surface area contributed by atoms with E-state index in [0.717, 1.165) is 42.9 Å². The van der Waals surface area contributed by atoms with Gasteiger partial charge in [0, 0.05) is 54.7 Å². The number of benzene rings is 1. The van der Waals surface area contributed by atoms with Crippen molar-refractivity contribution >= 4 is 27.8 Å². The molecule has 1 saturated heterocycles. The lowest BCUT2D eigenvalue weighted by Gasteiger charge is -2.34. The van der Waals surface area contributed by atoms with E-state index in [1.54, 1.807) is 22.7 Å². The van der Waals surface area contributed by atoms with Gasteiger partial charge >= 0.3 is 0 Å². The number of anilines is 1. The molecule has 0 N–H and O–H groups in total. The molecule has 124 valence electrons. The van der Waals surface area contributed by atoms with E-state index in [2.05, 4.69) is 51.4 Å². The number of nitrogens with zero attached hydrogens (tertiary/aromatic N) is 4. The summed E-state index contributed by atoms with van der Waals surface area (Å²) in [6, 6.07) is 10.4. The molecule has 0 spiro atoms. The van der Waals surface area contributed by atoms with Crippen LogP contribution in [0.15, 0.2) is 41.9 Å². The second-order valence-corrected chi connectivity index (χ2v) is 8.10. The monoisotopic (exact) mass is 356 g/mol. The predicted octanol–water partition coefficient (Wildman–Crippen LogP) is 3.90.